The molecule has 3 nitrogen and oxygen atoms in total. The maximum Gasteiger partial charge on any atom is 0.406 e. The Morgan fingerprint density at radius 2 is 1.83 bits per heavy atom. The molecule has 2 fully saturated rings. The Bertz CT molecular complexity index is 597. The zero-order valence-electron chi connectivity index (χ0n) is 13.2. The number of carbonyl (C=O) groups excluding carboxylic acids is 1. The summed E-state index contributed by atoms with van der Waals surface area (Å²) in [6, 6.07) is 6.94. The Balaban J connectivity index is 1.75. The van der Waals surface area contributed by atoms with Crippen molar-refractivity contribution in [2.45, 2.75) is 49.9 Å². The summed E-state index contributed by atoms with van der Waals surface area (Å²) in [6.07, 6.45) is -0.142. The van der Waals surface area contributed by atoms with Crippen LogP contribution in [0.15, 0.2) is 24.3 Å². The van der Waals surface area contributed by atoms with E-state index in [0.717, 1.165) is 36.1 Å². The molecule has 1 saturated heterocycles. The summed E-state index contributed by atoms with van der Waals surface area (Å²) in [5, 5.41) is 4.03. The highest BCUT2D eigenvalue weighted by molar-refractivity contribution is 6.30. The van der Waals surface area contributed by atoms with Gasteiger partial charge in [-0.25, -0.2) is 0 Å². The van der Waals surface area contributed by atoms with E-state index in [4.69, 9.17) is 11.6 Å². The molecule has 1 N–H and O–H groups in total. The van der Waals surface area contributed by atoms with Crippen LogP contribution in [0.5, 0.6) is 0 Å². The molecule has 0 aromatic heterocycles. The number of likely N-dealkylation sites (tertiary alicyclic amines) is 1. The van der Waals surface area contributed by atoms with Gasteiger partial charge in [0.25, 0.3) is 0 Å². The van der Waals surface area contributed by atoms with Crippen molar-refractivity contribution in [3.8, 4) is 0 Å². The maximum atomic E-state index is 12.6. The zero-order chi connectivity index (χ0) is 17.4. The molecule has 1 aromatic rings. The number of carbonyl (C=O) groups is 1. The number of benzene rings is 1. The normalized spacial score (nSPS) is 23.9. The first-order valence-electron chi connectivity index (χ1n) is 8.18. The number of amides is 1. The van der Waals surface area contributed by atoms with Gasteiger partial charge >= 0.3 is 6.18 Å². The van der Waals surface area contributed by atoms with Gasteiger partial charge in [-0.1, -0.05) is 36.6 Å². The minimum absolute atomic E-state index is 0.146. The van der Waals surface area contributed by atoms with Crippen molar-refractivity contribution in [2.24, 2.45) is 0 Å². The second-order valence-electron chi connectivity index (χ2n) is 6.66. The Kier molecular flexibility index (Phi) is 4.80. The van der Waals surface area contributed by atoms with Crippen molar-refractivity contribution in [1.82, 2.24) is 10.2 Å². The van der Waals surface area contributed by atoms with Crippen LogP contribution in [0.1, 0.15) is 37.7 Å². The monoisotopic (exact) mass is 360 g/mol. The van der Waals surface area contributed by atoms with Gasteiger partial charge in [0.1, 0.15) is 6.54 Å². The molecular weight excluding hydrogens is 341 g/mol. The van der Waals surface area contributed by atoms with Gasteiger partial charge in [0.05, 0.1) is 6.04 Å². The molecule has 7 heteroatoms. The third-order valence-corrected chi connectivity index (χ3v) is 5.22. The first-order chi connectivity index (χ1) is 11.3. The van der Waals surface area contributed by atoms with Crippen molar-refractivity contribution in [3.05, 3.63) is 34.9 Å². The third-order valence-electron chi connectivity index (χ3n) is 4.97. The van der Waals surface area contributed by atoms with Crippen LogP contribution in [0.4, 0.5) is 13.2 Å². The van der Waals surface area contributed by atoms with Gasteiger partial charge in [-0.05, 0) is 37.0 Å². The van der Waals surface area contributed by atoms with Gasteiger partial charge in [0, 0.05) is 17.1 Å². The maximum absolute atomic E-state index is 12.6. The predicted molar refractivity (Wildman–Crippen MR) is 85.8 cm³/mol. The molecule has 1 heterocycles. The number of hydrogen-bond acceptors (Lipinski definition) is 2. The first-order valence-corrected chi connectivity index (χ1v) is 8.56. The lowest BCUT2D eigenvalue weighted by Crippen LogP contribution is -2.50. The molecule has 0 radical (unpaired) electrons. The van der Waals surface area contributed by atoms with Gasteiger partial charge < -0.3 is 4.90 Å². The van der Waals surface area contributed by atoms with E-state index in [0.29, 0.717) is 11.4 Å². The quantitative estimate of drug-likeness (QED) is 0.884. The van der Waals surface area contributed by atoms with Crippen LogP contribution in [-0.4, -0.2) is 36.1 Å². The number of rotatable bonds is 4. The van der Waals surface area contributed by atoms with Crippen molar-refractivity contribution < 1.29 is 18.0 Å². The molecule has 0 bridgehead atoms. The zero-order valence-corrected chi connectivity index (χ0v) is 14.0. The fourth-order valence-corrected chi connectivity index (χ4v) is 3.97. The van der Waals surface area contributed by atoms with Crippen LogP contribution in [0.3, 0.4) is 0 Å². The van der Waals surface area contributed by atoms with Gasteiger partial charge in [-0.15, -0.1) is 0 Å². The van der Waals surface area contributed by atoms with Crippen LogP contribution in [0.2, 0.25) is 5.02 Å². The van der Waals surface area contributed by atoms with Crippen LogP contribution in [0.25, 0.3) is 0 Å². The Hall–Kier alpha value is -1.27. The van der Waals surface area contributed by atoms with Crippen LogP contribution in [0, 0.1) is 0 Å². The summed E-state index contributed by atoms with van der Waals surface area (Å²) in [4.78, 5) is 13.2. The molecule has 3 rings (SSSR count). The summed E-state index contributed by atoms with van der Waals surface area (Å²) in [7, 11) is 0. The lowest BCUT2D eigenvalue weighted by Gasteiger charge is -2.34. The van der Waals surface area contributed by atoms with Crippen LogP contribution >= 0.6 is 11.6 Å². The largest absolute Gasteiger partial charge is 0.406 e. The molecule has 1 atom stereocenters. The van der Waals surface area contributed by atoms with Crippen molar-refractivity contribution >= 4 is 17.5 Å². The smallest absolute Gasteiger partial charge is 0.332 e. The lowest BCUT2D eigenvalue weighted by molar-refractivity contribution is -0.158. The second kappa shape index (κ2) is 6.56. The summed E-state index contributed by atoms with van der Waals surface area (Å²) in [5.41, 5.74) is 0.700. The van der Waals surface area contributed by atoms with E-state index < -0.39 is 24.7 Å². The third kappa shape index (κ3) is 3.70. The van der Waals surface area contributed by atoms with Crippen molar-refractivity contribution in [1.29, 1.82) is 0 Å². The summed E-state index contributed by atoms with van der Waals surface area (Å²) in [5.74, 6) is -0.451. The summed E-state index contributed by atoms with van der Waals surface area (Å²) < 4.78 is 37.7. The predicted octanol–water partition coefficient (Wildman–Crippen LogP) is 3.86. The fourth-order valence-electron chi connectivity index (χ4n) is 3.84. The van der Waals surface area contributed by atoms with Crippen molar-refractivity contribution in [2.75, 3.05) is 13.1 Å². The molecule has 0 spiro atoms. The summed E-state index contributed by atoms with van der Waals surface area (Å²) >= 11 is 5.95. The fraction of sp³-hybridized carbons (Fsp3) is 0.588. The molecule has 1 amide bonds. The number of halogens is 4. The molecule has 1 aromatic carbocycles. The Morgan fingerprint density at radius 3 is 2.42 bits per heavy atom. The number of nitrogens with zero attached hydrogens (tertiary/aromatic N) is 1. The Morgan fingerprint density at radius 1 is 1.21 bits per heavy atom. The van der Waals surface area contributed by atoms with Gasteiger partial charge in [0.2, 0.25) is 5.91 Å². The van der Waals surface area contributed by atoms with Crippen LogP contribution < -0.4 is 5.32 Å². The molecule has 1 saturated carbocycles. The molecule has 1 aliphatic carbocycles. The standard InChI is InChI=1S/C17H20ClF3N2O/c18-13-5-3-12(4-6-13)16(8-1-2-9-16)22-14-7-10-23(15(14)24)11-17(19,20)21/h3-6,14,22H,1-2,7-11H2. The SMILES string of the molecule is O=C1C(NC2(c3ccc(Cl)cc3)CCCC2)CCN1CC(F)(F)F. The van der Waals surface area contributed by atoms with E-state index in [9.17, 15) is 18.0 Å². The highest BCUT2D eigenvalue weighted by Crippen LogP contribution is 2.40. The highest BCUT2D eigenvalue weighted by Gasteiger charge is 2.44. The van der Waals surface area contributed by atoms with E-state index in [2.05, 4.69) is 5.32 Å². The average Bonchev–Trinajstić information content (AvgIpc) is 3.10. The van der Waals surface area contributed by atoms with E-state index in [-0.39, 0.29) is 12.1 Å². The minimum atomic E-state index is -4.36. The van der Waals surface area contributed by atoms with Gasteiger partial charge in [-0.2, -0.15) is 13.2 Å². The van der Waals surface area contributed by atoms with Crippen molar-refractivity contribution in [3.63, 3.8) is 0 Å². The molecule has 24 heavy (non-hydrogen) atoms. The highest BCUT2D eigenvalue weighted by atomic mass is 35.5. The van der Waals surface area contributed by atoms with E-state index >= 15 is 0 Å². The average molecular weight is 361 g/mol. The molecular formula is C17H20ClF3N2O. The number of nitrogens with one attached hydrogen (secondary N) is 1. The summed E-state index contributed by atoms with van der Waals surface area (Å²) in [6.45, 7) is -1.02. The second-order valence-corrected chi connectivity index (χ2v) is 7.09. The van der Waals surface area contributed by atoms with E-state index in [1.807, 2.05) is 24.3 Å². The minimum Gasteiger partial charge on any atom is -0.332 e. The lowest BCUT2D eigenvalue weighted by atomic mass is 9.87. The molecule has 1 aliphatic heterocycles. The van der Waals surface area contributed by atoms with E-state index in [1.165, 1.54) is 0 Å². The molecule has 132 valence electrons. The van der Waals surface area contributed by atoms with Crippen LogP contribution in [-0.2, 0) is 10.3 Å². The molecule has 2 aliphatic rings. The van der Waals surface area contributed by atoms with E-state index in [1.54, 1.807) is 0 Å². The topological polar surface area (TPSA) is 32.3 Å². The van der Waals surface area contributed by atoms with Gasteiger partial charge in [0.15, 0.2) is 0 Å². The molecule has 1 unspecified atom stereocenters. The Labute approximate surface area is 144 Å². The first kappa shape index (κ1) is 17.5. The van der Waals surface area contributed by atoms with Gasteiger partial charge in [-0.3, -0.25) is 10.1 Å². The number of alkyl halides is 3. The number of hydrogen-bond donors (Lipinski definition) is 1.